The summed E-state index contributed by atoms with van der Waals surface area (Å²) in [5, 5.41) is 3.91. The van der Waals surface area contributed by atoms with Crippen LogP contribution in [0.5, 0.6) is 0 Å². The summed E-state index contributed by atoms with van der Waals surface area (Å²) in [6.07, 6.45) is 9.78. The minimum atomic E-state index is 0.747. The first-order chi connectivity index (χ1) is 7.42. The van der Waals surface area contributed by atoms with E-state index < -0.39 is 0 Å². The van der Waals surface area contributed by atoms with E-state index in [1.807, 2.05) is 0 Å². The summed E-state index contributed by atoms with van der Waals surface area (Å²) >= 11 is 0. The maximum atomic E-state index is 5.51. The van der Waals surface area contributed by atoms with Crippen molar-refractivity contribution in [3.8, 4) is 0 Å². The molecule has 2 heteroatoms. The van der Waals surface area contributed by atoms with E-state index in [4.69, 9.17) is 4.74 Å². The minimum absolute atomic E-state index is 0.747. The summed E-state index contributed by atoms with van der Waals surface area (Å²) in [4.78, 5) is 0. The summed E-state index contributed by atoms with van der Waals surface area (Å²) in [6.45, 7) is 1.95. The van der Waals surface area contributed by atoms with Gasteiger partial charge in [0.25, 0.3) is 0 Å². The van der Waals surface area contributed by atoms with Crippen molar-refractivity contribution in [2.24, 2.45) is 11.8 Å². The highest BCUT2D eigenvalue weighted by atomic mass is 16.5. The fourth-order valence-electron chi connectivity index (χ4n) is 3.82. The van der Waals surface area contributed by atoms with Crippen molar-refractivity contribution < 1.29 is 4.74 Å². The number of rotatable bonds is 2. The van der Waals surface area contributed by atoms with Crippen LogP contribution in [0.1, 0.15) is 44.9 Å². The van der Waals surface area contributed by atoms with Crippen LogP contribution in [-0.4, -0.2) is 25.3 Å². The van der Waals surface area contributed by atoms with Crippen molar-refractivity contribution in [3.05, 3.63) is 0 Å². The molecule has 2 aliphatic carbocycles. The molecule has 0 amide bonds. The number of nitrogens with one attached hydrogen (secondary N) is 1. The molecule has 4 atom stereocenters. The second-order valence-electron chi connectivity index (χ2n) is 5.69. The van der Waals surface area contributed by atoms with E-state index in [9.17, 15) is 0 Å². The fourth-order valence-corrected chi connectivity index (χ4v) is 3.82. The van der Waals surface area contributed by atoms with Crippen LogP contribution in [-0.2, 0) is 4.74 Å². The molecule has 1 saturated heterocycles. The van der Waals surface area contributed by atoms with Crippen molar-refractivity contribution in [1.29, 1.82) is 0 Å². The van der Waals surface area contributed by atoms with Gasteiger partial charge in [0.05, 0.1) is 0 Å². The summed E-state index contributed by atoms with van der Waals surface area (Å²) in [6, 6.07) is 1.60. The van der Waals surface area contributed by atoms with Gasteiger partial charge in [-0.2, -0.15) is 0 Å². The molecule has 0 aromatic rings. The third-order valence-corrected chi connectivity index (χ3v) is 4.64. The Morgan fingerprint density at radius 3 is 2.73 bits per heavy atom. The zero-order valence-corrected chi connectivity index (χ0v) is 9.58. The molecule has 0 aromatic carbocycles. The first-order valence-corrected chi connectivity index (χ1v) is 6.75. The van der Waals surface area contributed by atoms with Crippen molar-refractivity contribution in [3.63, 3.8) is 0 Å². The van der Waals surface area contributed by atoms with Gasteiger partial charge in [-0.05, 0) is 50.4 Å². The molecule has 0 spiro atoms. The van der Waals surface area contributed by atoms with Gasteiger partial charge in [-0.1, -0.05) is 6.42 Å². The Labute approximate surface area is 92.8 Å². The summed E-state index contributed by atoms with van der Waals surface area (Å²) in [5.41, 5.74) is 0. The van der Waals surface area contributed by atoms with Crippen LogP contribution in [0.2, 0.25) is 0 Å². The number of ether oxygens (including phenoxy) is 1. The zero-order chi connectivity index (χ0) is 10.1. The lowest BCUT2D eigenvalue weighted by atomic mass is 9.94. The normalized spacial score (nSPS) is 45.6. The standard InChI is InChI=1S/C13H23NO/c1-2-12(5-7-15-6-1)14-13-9-10-3-4-11(13)8-10/h10-14H,1-9H2. The molecule has 3 fully saturated rings. The maximum Gasteiger partial charge on any atom is 0.0480 e. The molecule has 4 unspecified atom stereocenters. The van der Waals surface area contributed by atoms with Gasteiger partial charge in [0.2, 0.25) is 0 Å². The Hall–Kier alpha value is -0.0800. The van der Waals surface area contributed by atoms with Crippen LogP contribution < -0.4 is 5.32 Å². The molecule has 1 heterocycles. The second-order valence-corrected chi connectivity index (χ2v) is 5.69. The highest BCUT2D eigenvalue weighted by Crippen LogP contribution is 2.44. The van der Waals surface area contributed by atoms with E-state index in [1.54, 1.807) is 0 Å². The lowest BCUT2D eigenvalue weighted by Crippen LogP contribution is -2.41. The topological polar surface area (TPSA) is 21.3 Å². The Morgan fingerprint density at radius 1 is 0.933 bits per heavy atom. The van der Waals surface area contributed by atoms with Crippen molar-refractivity contribution in [2.45, 2.75) is 57.0 Å². The van der Waals surface area contributed by atoms with Gasteiger partial charge in [0.1, 0.15) is 0 Å². The van der Waals surface area contributed by atoms with Crippen LogP contribution in [0.4, 0.5) is 0 Å². The largest absolute Gasteiger partial charge is 0.381 e. The van der Waals surface area contributed by atoms with Crippen LogP contribution in [0.15, 0.2) is 0 Å². The predicted octanol–water partition coefficient (Wildman–Crippen LogP) is 2.33. The van der Waals surface area contributed by atoms with Gasteiger partial charge in [0.15, 0.2) is 0 Å². The van der Waals surface area contributed by atoms with Crippen molar-refractivity contribution in [1.82, 2.24) is 5.32 Å². The molecule has 15 heavy (non-hydrogen) atoms. The Morgan fingerprint density at radius 2 is 1.93 bits per heavy atom. The first kappa shape index (κ1) is 10.1. The first-order valence-electron chi connectivity index (χ1n) is 6.75. The van der Waals surface area contributed by atoms with Crippen LogP contribution in [0.25, 0.3) is 0 Å². The monoisotopic (exact) mass is 209 g/mol. The summed E-state index contributed by atoms with van der Waals surface area (Å²) in [7, 11) is 0. The molecule has 3 rings (SSSR count). The molecule has 1 aliphatic heterocycles. The molecule has 2 saturated carbocycles. The van der Waals surface area contributed by atoms with Crippen LogP contribution in [0, 0.1) is 11.8 Å². The average Bonchev–Trinajstić information content (AvgIpc) is 2.75. The minimum Gasteiger partial charge on any atom is -0.381 e. The third kappa shape index (κ3) is 2.21. The second kappa shape index (κ2) is 4.42. The highest BCUT2D eigenvalue weighted by molar-refractivity contribution is 4.95. The van der Waals surface area contributed by atoms with E-state index in [1.165, 1.54) is 44.9 Å². The number of hydrogen-bond donors (Lipinski definition) is 1. The number of hydrogen-bond acceptors (Lipinski definition) is 2. The lowest BCUT2D eigenvalue weighted by molar-refractivity contribution is 0.141. The molecule has 3 aliphatic rings. The third-order valence-electron chi connectivity index (χ3n) is 4.64. The molecular formula is C13H23NO. The van der Waals surface area contributed by atoms with Gasteiger partial charge >= 0.3 is 0 Å². The van der Waals surface area contributed by atoms with Gasteiger partial charge in [0, 0.05) is 25.3 Å². The van der Waals surface area contributed by atoms with E-state index >= 15 is 0 Å². The summed E-state index contributed by atoms with van der Waals surface area (Å²) in [5.74, 6) is 2.08. The number of fused-ring (bicyclic) bond motifs is 2. The smallest absolute Gasteiger partial charge is 0.0480 e. The van der Waals surface area contributed by atoms with Gasteiger partial charge < -0.3 is 10.1 Å². The molecular weight excluding hydrogens is 186 g/mol. The van der Waals surface area contributed by atoms with Gasteiger partial charge in [-0.3, -0.25) is 0 Å². The van der Waals surface area contributed by atoms with E-state index in [0.29, 0.717) is 0 Å². The molecule has 2 bridgehead atoms. The Balaban J connectivity index is 1.51. The SMILES string of the molecule is C1COCCC(NC2CC3CCC2C3)C1. The Bertz CT molecular complexity index is 211. The van der Waals surface area contributed by atoms with Crippen molar-refractivity contribution in [2.75, 3.05) is 13.2 Å². The molecule has 1 N–H and O–H groups in total. The highest BCUT2D eigenvalue weighted by Gasteiger charge is 2.39. The fraction of sp³-hybridized carbons (Fsp3) is 1.00. The maximum absolute atomic E-state index is 5.51. The van der Waals surface area contributed by atoms with E-state index in [0.717, 1.165) is 37.1 Å². The molecule has 86 valence electrons. The molecule has 0 aromatic heterocycles. The molecule has 0 radical (unpaired) electrons. The predicted molar refractivity (Wildman–Crippen MR) is 60.8 cm³/mol. The Kier molecular flexibility index (Phi) is 2.98. The lowest BCUT2D eigenvalue weighted by Gasteiger charge is -2.27. The van der Waals surface area contributed by atoms with E-state index in [-0.39, 0.29) is 0 Å². The van der Waals surface area contributed by atoms with Crippen LogP contribution in [0.3, 0.4) is 0 Å². The van der Waals surface area contributed by atoms with Crippen molar-refractivity contribution >= 4 is 0 Å². The van der Waals surface area contributed by atoms with Gasteiger partial charge in [-0.15, -0.1) is 0 Å². The zero-order valence-electron chi connectivity index (χ0n) is 9.58. The average molecular weight is 209 g/mol. The van der Waals surface area contributed by atoms with E-state index in [2.05, 4.69) is 5.32 Å². The van der Waals surface area contributed by atoms with Gasteiger partial charge in [-0.25, -0.2) is 0 Å². The summed E-state index contributed by atoms with van der Waals surface area (Å²) < 4.78 is 5.51. The molecule has 2 nitrogen and oxygen atoms in total. The quantitative estimate of drug-likeness (QED) is 0.753. The van der Waals surface area contributed by atoms with Crippen LogP contribution >= 0.6 is 0 Å².